The smallest absolute Gasteiger partial charge is 0.321 e. The third kappa shape index (κ3) is 3.18. The second-order valence-electron chi connectivity index (χ2n) is 5.57. The Bertz CT molecular complexity index is 727. The van der Waals surface area contributed by atoms with Gasteiger partial charge in [-0.15, -0.1) is 0 Å². The van der Waals surface area contributed by atoms with Crippen LogP contribution in [0.1, 0.15) is 12.0 Å². The number of aryl methyl sites for hydroxylation is 1. The average molecular weight is 315 g/mol. The SMILES string of the molecule is Cc1ccc(NC(=O)N2CCC(C(=O)O)C2)cc1-c1ncco1. The fourth-order valence-corrected chi connectivity index (χ4v) is 2.64. The van der Waals surface area contributed by atoms with Gasteiger partial charge in [-0.2, -0.15) is 0 Å². The summed E-state index contributed by atoms with van der Waals surface area (Å²) in [6, 6.07) is 5.17. The number of amides is 2. The molecule has 1 saturated heterocycles. The van der Waals surface area contributed by atoms with Crippen LogP contribution in [-0.2, 0) is 4.79 Å². The largest absolute Gasteiger partial charge is 0.481 e. The molecule has 120 valence electrons. The molecule has 2 N–H and O–H groups in total. The summed E-state index contributed by atoms with van der Waals surface area (Å²) in [6.07, 6.45) is 3.55. The first-order chi connectivity index (χ1) is 11.0. The van der Waals surface area contributed by atoms with Gasteiger partial charge in [0.05, 0.1) is 12.1 Å². The van der Waals surface area contributed by atoms with Crippen LogP contribution in [0.3, 0.4) is 0 Å². The van der Waals surface area contributed by atoms with E-state index >= 15 is 0 Å². The molecule has 1 fully saturated rings. The molecule has 2 amide bonds. The molecule has 1 aliphatic rings. The van der Waals surface area contributed by atoms with Gasteiger partial charge in [0.2, 0.25) is 5.89 Å². The monoisotopic (exact) mass is 315 g/mol. The molecular formula is C16H17N3O4. The van der Waals surface area contributed by atoms with Crippen LogP contribution in [0.4, 0.5) is 10.5 Å². The molecule has 3 rings (SSSR count). The number of rotatable bonds is 3. The van der Waals surface area contributed by atoms with E-state index in [1.807, 2.05) is 13.0 Å². The Balaban J connectivity index is 1.72. The highest BCUT2D eigenvalue weighted by molar-refractivity contribution is 5.91. The predicted octanol–water partition coefficient (Wildman–Crippen LogP) is 2.59. The number of aromatic nitrogens is 1. The number of carboxylic acids is 1. The van der Waals surface area contributed by atoms with E-state index < -0.39 is 11.9 Å². The summed E-state index contributed by atoms with van der Waals surface area (Å²) in [6.45, 7) is 2.62. The Morgan fingerprint density at radius 3 is 2.91 bits per heavy atom. The molecule has 1 aliphatic heterocycles. The molecule has 0 saturated carbocycles. The van der Waals surface area contributed by atoms with Crippen molar-refractivity contribution in [3.8, 4) is 11.5 Å². The number of anilines is 1. The van der Waals surface area contributed by atoms with Gasteiger partial charge in [0.1, 0.15) is 6.26 Å². The second-order valence-corrected chi connectivity index (χ2v) is 5.57. The van der Waals surface area contributed by atoms with Crippen molar-refractivity contribution in [1.29, 1.82) is 0 Å². The quantitative estimate of drug-likeness (QED) is 0.907. The summed E-state index contributed by atoms with van der Waals surface area (Å²) in [7, 11) is 0. The highest BCUT2D eigenvalue weighted by Crippen LogP contribution is 2.26. The normalized spacial score (nSPS) is 17.3. The molecule has 2 heterocycles. The molecule has 7 nitrogen and oxygen atoms in total. The predicted molar refractivity (Wildman–Crippen MR) is 83.0 cm³/mol. The molecule has 7 heteroatoms. The van der Waals surface area contributed by atoms with E-state index in [2.05, 4.69) is 10.3 Å². The van der Waals surface area contributed by atoms with Crippen LogP contribution in [0.15, 0.2) is 35.1 Å². The summed E-state index contributed by atoms with van der Waals surface area (Å²) in [5.41, 5.74) is 2.41. The number of benzene rings is 1. The molecule has 0 bridgehead atoms. The summed E-state index contributed by atoms with van der Waals surface area (Å²) in [5.74, 6) is -0.853. The minimum absolute atomic E-state index is 0.236. The fraction of sp³-hybridized carbons (Fsp3) is 0.312. The number of carbonyl (C=O) groups is 2. The molecule has 1 aromatic carbocycles. The first kappa shape index (κ1) is 15.1. The lowest BCUT2D eigenvalue weighted by molar-refractivity contribution is -0.141. The highest BCUT2D eigenvalue weighted by atomic mass is 16.4. The number of carboxylic acid groups (broad SMARTS) is 1. The summed E-state index contributed by atoms with van der Waals surface area (Å²) in [4.78, 5) is 28.9. The maximum absolute atomic E-state index is 12.2. The van der Waals surface area contributed by atoms with Gasteiger partial charge < -0.3 is 19.7 Å². The van der Waals surface area contributed by atoms with Crippen LogP contribution in [0, 0.1) is 12.8 Å². The third-order valence-corrected chi connectivity index (χ3v) is 3.98. The van der Waals surface area contributed by atoms with Crippen LogP contribution in [0.2, 0.25) is 0 Å². The summed E-state index contributed by atoms with van der Waals surface area (Å²) in [5, 5.41) is 11.8. The van der Waals surface area contributed by atoms with Gasteiger partial charge in [0.15, 0.2) is 0 Å². The van der Waals surface area contributed by atoms with Crippen LogP contribution < -0.4 is 5.32 Å². The van der Waals surface area contributed by atoms with Crippen molar-refractivity contribution < 1.29 is 19.1 Å². The van der Waals surface area contributed by atoms with Crippen LogP contribution in [0.25, 0.3) is 11.5 Å². The van der Waals surface area contributed by atoms with Gasteiger partial charge in [-0.05, 0) is 31.0 Å². The lowest BCUT2D eigenvalue weighted by Gasteiger charge is -2.17. The number of likely N-dealkylation sites (tertiary alicyclic amines) is 1. The van der Waals surface area contributed by atoms with Crippen molar-refractivity contribution in [2.75, 3.05) is 18.4 Å². The highest BCUT2D eigenvalue weighted by Gasteiger charge is 2.30. The molecule has 0 aliphatic carbocycles. The van der Waals surface area contributed by atoms with Crippen molar-refractivity contribution in [3.05, 3.63) is 36.2 Å². The number of hydrogen-bond acceptors (Lipinski definition) is 4. The second kappa shape index (κ2) is 6.12. The van der Waals surface area contributed by atoms with Crippen molar-refractivity contribution >= 4 is 17.7 Å². The Morgan fingerprint density at radius 2 is 2.26 bits per heavy atom. The maximum Gasteiger partial charge on any atom is 0.321 e. The maximum atomic E-state index is 12.2. The Labute approximate surface area is 132 Å². The van der Waals surface area contributed by atoms with E-state index in [1.165, 1.54) is 11.2 Å². The van der Waals surface area contributed by atoms with Crippen molar-refractivity contribution in [2.45, 2.75) is 13.3 Å². The van der Waals surface area contributed by atoms with E-state index in [0.717, 1.165) is 11.1 Å². The Kier molecular flexibility index (Phi) is 4.01. The van der Waals surface area contributed by atoms with Crippen molar-refractivity contribution in [1.82, 2.24) is 9.88 Å². The first-order valence-corrected chi connectivity index (χ1v) is 7.34. The molecule has 1 unspecified atom stereocenters. The number of urea groups is 1. The Morgan fingerprint density at radius 1 is 1.43 bits per heavy atom. The fourth-order valence-electron chi connectivity index (χ4n) is 2.64. The van der Waals surface area contributed by atoms with E-state index in [1.54, 1.807) is 18.3 Å². The third-order valence-electron chi connectivity index (χ3n) is 3.98. The number of oxazole rings is 1. The topological polar surface area (TPSA) is 95.7 Å². The molecule has 2 aromatic rings. The van der Waals surface area contributed by atoms with E-state index in [4.69, 9.17) is 9.52 Å². The molecule has 23 heavy (non-hydrogen) atoms. The number of nitrogens with zero attached hydrogens (tertiary/aromatic N) is 2. The Hall–Kier alpha value is -2.83. The van der Waals surface area contributed by atoms with Crippen LogP contribution >= 0.6 is 0 Å². The van der Waals surface area contributed by atoms with Crippen LogP contribution in [-0.4, -0.2) is 40.1 Å². The number of carbonyl (C=O) groups excluding carboxylic acids is 1. The molecular weight excluding hydrogens is 298 g/mol. The lowest BCUT2D eigenvalue weighted by Crippen LogP contribution is -2.33. The molecule has 0 radical (unpaired) electrons. The summed E-state index contributed by atoms with van der Waals surface area (Å²) >= 11 is 0. The van der Waals surface area contributed by atoms with E-state index in [-0.39, 0.29) is 12.6 Å². The zero-order valence-corrected chi connectivity index (χ0v) is 12.7. The minimum atomic E-state index is -0.859. The zero-order valence-electron chi connectivity index (χ0n) is 12.7. The van der Waals surface area contributed by atoms with Crippen molar-refractivity contribution in [2.24, 2.45) is 5.92 Å². The average Bonchev–Trinajstić information content (AvgIpc) is 3.20. The zero-order chi connectivity index (χ0) is 16.4. The van der Waals surface area contributed by atoms with Gasteiger partial charge in [-0.25, -0.2) is 9.78 Å². The van der Waals surface area contributed by atoms with E-state index in [9.17, 15) is 9.59 Å². The first-order valence-electron chi connectivity index (χ1n) is 7.34. The van der Waals surface area contributed by atoms with Crippen LogP contribution in [0.5, 0.6) is 0 Å². The molecule has 0 spiro atoms. The van der Waals surface area contributed by atoms with Gasteiger partial charge in [-0.3, -0.25) is 4.79 Å². The minimum Gasteiger partial charge on any atom is -0.481 e. The standard InChI is InChI=1S/C16H17N3O4/c1-10-2-3-12(8-13(10)14-17-5-7-23-14)18-16(22)19-6-4-11(9-19)15(20)21/h2-3,5,7-8,11H,4,6,9H2,1H3,(H,18,22)(H,20,21). The van der Waals surface area contributed by atoms with Crippen molar-refractivity contribution in [3.63, 3.8) is 0 Å². The molecule has 1 atom stereocenters. The van der Waals surface area contributed by atoms with Gasteiger partial charge >= 0.3 is 12.0 Å². The number of hydrogen-bond donors (Lipinski definition) is 2. The van der Waals surface area contributed by atoms with E-state index in [0.29, 0.717) is 24.5 Å². The van der Waals surface area contributed by atoms with Gasteiger partial charge in [-0.1, -0.05) is 6.07 Å². The van der Waals surface area contributed by atoms with Gasteiger partial charge in [0.25, 0.3) is 0 Å². The van der Waals surface area contributed by atoms with Gasteiger partial charge in [0, 0.05) is 24.3 Å². The summed E-state index contributed by atoms with van der Waals surface area (Å²) < 4.78 is 5.30. The molecule has 1 aromatic heterocycles. The number of aliphatic carboxylic acids is 1. The lowest BCUT2D eigenvalue weighted by atomic mass is 10.1. The number of nitrogens with one attached hydrogen (secondary N) is 1.